The minimum atomic E-state index is 0.451. The van der Waals surface area contributed by atoms with E-state index in [2.05, 4.69) is 13.0 Å². The molecule has 0 saturated heterocycles. The lowest BCUT2D eigenvalue weighted by molar-refractivity contribution is -0.118. The molecule has 0 aromatic carbocycles. The van der Waals surface area contributed by atoms with Gasteiger partial charge in [0.1, 0.15) is 5.78 Å². The van der Waals surface area contributed by atoms with Crippen molar-refractivity contribution >= 4 is 5.78 Å². The molecule has 0 spiro atoms. The van der Waals surface area contributed by atoms with Gasteiger partial charge in [0.05, 0.1) is 0 Å². The molecular formula is C13H22O. The van der Waals surface area contributed by atoms with E-state index >= 15 is 0 Å². The Kier molecular flexibility index (Phi) is 5.58. The molecule has 0 unspecified atom stereocenters. The normalized spacial score (nSPS) is 16.5. The molecule has 1 aliphatic carbocycles. The number of carbonyl (C=O) groups is 1. The molecule has 14 heavy (non-hydrogen) atoms. The van der Waals surface area contributed by atoms with Crippen LogP contribution in [0.4, 0.5) is 0 Å². The molecule has 0 aromatic heterocycles. The Balaban J connectivity index is 2.15. The van der Waals surface area contributed by atoms with Gasteiger partial charge in [0.15, 0.2) is 0 Å². The quantitative estimate of drug-likeness (QED) is 0.461. The van der Waals surface area contributed by atoms with E-state index < -0.39 is 0 Å². The van der Waals surface area contributed by atoms with Crippen LogP contribution in [0.25, 0.3) is 0 Å². The summed E-state index contributed by atoms with van der Waals surface area (Å²) in [6.45, 7) is 2.17. The first kappa shape index (κ1) is 11.5. The molecule has 0 saturated carbocycles. The summed E-state index contributed by atoms with van der Waals surface area (Å²) in [5.74, 6) is 0.451. The van der Waals surface area contributed by atoms with Crippen LogP contribution in [0.2, 0.25) is 0 Å². The van der Waals surface area contributed by atoms with Crippen LogP contribution in [-0.4, -0.2) is 5.78 Å². The Morgan fingerprint density at radius 1 is 1.36 bits per heavy atom. The maximum Gasteiger partial charge on any atom is 0.136 e. The number of allylic oxidation sites excluding steroid dienone is 2. The van der Waals surface area contributed by atoms with Crippen molar-refractivity contribution in [3.05, 3.63) is 11.6 Å². The summed E-state index contributed by atoms with van der Waals surface area (Å²) in [6.07, 6.45) is 12.3. The van der Waals surface area contributed by atoms with E-state index in [1.165, 1.54) is 44.1 Å². The third-order valence-corrected chi connectivity index (χ3v) is 2.87. The molecule has 1 heteroatoms. The van der Waals surface area contributed by atoms with Crippen LogP contribution in [0.15, 0.2) is 11.6 Å². The molecule has 0 heterocycles. The van der Waals surface area contributed by atoms with Crippen LogP contribution >= 0.6 is 0 Å². The van der Waals surface area contributed by atoms with Gasteiger partial charge in [0, 0.05) is 12.8 Å². The van der Waals surface area contributed by atoms with Gasteiger partial charge in [0.2, 0.25) is 0 Å². The van der Waals surface area contributed by atoms with Crippen molar-refractivity contribution in [2.45, 2.75) is 64.7 Å². The molecule has 0 N–H and O–H groups in total. The average molecular weight is 194 g/mol. The van der Waals surface area contributed by atoms with E-state index in [0.29, 0.717) is 5.78 Å². The van der Waals surface area contributed by atoms with Crippen molar-refractivity contribution < 1.29 is 4.79 Å². The smallest absolute Gasteiger partial charge is 0.136 e. The summed E-state index contributed by atoms with van der Waals surface area (Å²) in [4.78, 5) is 11.5. The van der Waals surface area contributed by atoms with Crippen molar-refractivity contribution in [3.63, 3.8) is 0 Å². The highest BCUT2D eigenvalue weighted by atomic mass is 16.1. The largest absolute Gasteiger partial charge is 0.299 e. The standard InChI is InChI=1S/C13H22O/c1-2-3-5-10-13(14)11-12-8-6-4-7-9-12/h8H,2-7,9-11H2,1H3. The summed E-state index contributed by atoms with van der Waals surface area (Å²) in [6, 6.07) is 0. The van der Waals surface area contributed by atoms with Crippen molar-refractivity contribution in [2.75, 3.05) is 0 Å². The first-order valence-corrected chi connectivity index (χ1v) is 6.02. The third kappa shape index (κ3) is 4.59. The van der Waals surface area contributed by atoms with Crippen LogP contribution in [-0.2, 0) is 4.79 Å². The Hall–Kier alpha value is -0.590. The fourth-order valence-corrected chi connectivity index (χ4v) is 1.98. The Morgan fingerprint density at radius 2 is 2.21 bits per heavy atom. The molecule has 1 aliphatic rings. The van der Waals surface area contributed by atoms with E-state index in [0.717, 1.165) is 19.3 Å². The van der Waals surface area contributed by atoms with E-state index in [-0.39, 0.29) is 0 Å². The number of ketones is 1. The van der Waals surface area contributed by atoms with E-state index in [1.807, 2.05) is 0 Å². The van der Waals surface area contributed by atoms with Crippen molar-refractivity contribution in [2.24, 2.45) is 0 Å². The Labute approximate surface area is 87.6 Å². The predicted octanol–water partition coefficient (Wildman–Crippen LogP) is 4.03. The molecule has 0 aliphatic heterocycles. The minimum Gasteiger partial charge on any atom is -0.299 e. The van der Waals surface area contributed by atoms with Crippen LogP contribution in [0.5, 0.6) is 0 Å². The fraction of sp³-hybridized carbons (Fsp3) is 0.769. The monoisotopic (exact) mass is 194 g/mol. The van der Waals surface area contributed by atoms with Gasteiger partial charge in [0.25, 0.3) is 0 Å². The molecule has 0 aromatic rings. The Bertz CT molecular complexity index is 203. The number of hydrogen-bond acceptors (Lipinski definition) is 1. The zero-order valence-corrected chi connectivity index (χ0v) is 9.35. The molecule has 0 radical (unpaired) electrons. The molecule has 1 rings (SSSR count). The highest BCUT2D eigenvalue weighted by molar-refractivity contribution is 5.80. The highest BCUT2D eigenvalue weighted by Gasteiger charge is 2.08. The topological polar surface area (TPSA) is 17.1 Å². The van der Waals surface area contributed by atoms with E-state index in [9.17, 15) is 4.79 Å². The first-order chi connectivity index (χ1) is 6.83. The van der Waals surface area contributed by atoms with Gasteiger partial charge >= 0.3 is 0 Å². The lowest BCUT2D eigenvalue weighted by atomic mass is 9.94. The van der Waals surface area contributed by atoms with Gasteiger partial charge in [-0.15, -0.1) is 0 Å². The number of rotatable bonds is 6. The van der Waals surface area contributed by atoms with Crippen molar-refractivity contribution in [3.8, 4) is 0 Å². The van der Waals surface area contributed by atoms with Crippen molar-refractivity contribution in [1.29, 1.82) is 0 Å². The fourth-order valence-electron chi connectivity index (χ4n) is 1.98. The zero-order chi connectivity index (χ0) is 10.2. The predicted molar refractivity (Wildman–Crippen MR) is 60.3 cm³/mol. The number of carbonyl (C=O) groups excluding carboxylic acids is 1. The van der Waals surface area contributed by atoms with Gasteiger partial charge < -0.3 is 0 Å². The summed E-state index contributed by atoms with van der Waals surface area (Å²) < 4.78 is 0. The second-order valence-electron chi connectivity index (χ2n) is 4.28. The maximum absolute atomic E-state index is 11.5. The summed E-state index contributed by atoms with van der Waals surface area (Å²) in [7, 11) is 0. The molecular weight excluding hydrogens is 172 g/mol. The highest BCUT2D eigenvalue weighted by Crippen LogP contribution is 2.21. The lowest BCUT2D eigenvalue weighted by Crippen LogP contribution is -2.02. The van der Waals surface area contributed by atoms with Crippen LogP contribution in [0.3, 0.4) is 0 Å². The molecule has 0 fully saturated rings. The minimum absolute atomic E-state index is 0.451. The lowest BCUT2D eigenvalue weighted by Gasteiger charge is -2.11. The first-order valence-electron chi connectivity index (χ1n) is 6.02. The van der Waals surface area contributed by atoms with Gasteiger partial charge in [-0.25, -0.2) is 0 Å². The van der Waals surface area contributed by atoms with Crippen LogP contribution in [0, 0.1) is 0 Å². The molecule has 0 amide bonds. The van der Waals surface area contributed by atoms with Crippen molar-refractivity contribution in [1.82, 2.24) is 0 Å². The van der Waals surface area contributed by atoms with Gasteiger partial charge in [-0.3, -0.25) is 4.79 Å². The number of Topliss-reactive ketones (excluding diaryl/α,β-unsaturated/α-hetero) is 1. The zero-order valence-electron chi connectivity index (χ0n) is 9.35. The molecule has 0 atom stereocenters. The Morgan fingerprint density at radius 3 is 2.86 bits per heavy atom. The van der Waals surface area contributed by atoms with Gasteiger partial charge in [-0.2, -0.15) is 0 Å². The van der Waals surface area contributed by atoms with Gasteiger partial charge in [-0.05, 0) is 32.1 Å². The SMILES string of the molecule is CCCCCC(=O)CC1=CCCCC1. The van der Waals surface area contributed by atoms with Crippen LogP contribution < -0.4 is 0 Å². The summed E-state index contributed by atoms with van der Waals surface area (Å²) >= 11 is 0. The molecule has 80 valence electrons. The molecule has 0 bridgehead atoms. The second-order valence-corrected chi connectivity index (χ2v) is 4.28. The number of unbranched alkanes of at least 4 members (excludes halogenated alkanes) is 2. The molecule has 1 nitrogen and oxygen atoms in total. The maximum atomic E-state index is 11.5. The van der Waals surface area contributed by atoms with E-state index in [4.69, 9.17) is 0 Å². The number of hydrogen-bond donors (Lipinski definition) is 0. The van der Waals surface area contributed by atoms with E-state index in [1.54, 1.807) is 0 Å². The summed E-state index contributed by atoms with van der Waals surface area (Å²) in [5.41, 5.74) is 1.40. The average Bonchev–Trinajstić information content (AvgIpc) is 2.20. The third-order valence-electron chi connectivity index (χ3n) is 2.87. The second kappa shape index (κ2) is 6.80. The van der Waals surface area contributed by atoms with Crippen LogP contribution in [0.1, 0.15) is 64.7 Å². The summed E-state index contributed by atoms with van der Waals surface area (Å²) in [5, 5.41) is 0. The van der Waals surface area contributed by atoms with Gasteiger partial charge in [-0.1, -0.05) is 31.4 Å².